The molecule has 0 spiro atoms. The lowest BCUT2D eigenvalue weighted by molar-refractivity contribution is -0.782. The molecular weight excluding hydrogens is 396 g/mol. The second-order valence-corrected chi connectivity index (χ2v) is 6.03. The van der Waals surface area contributed by atoms with Crippen LogP contribution in [0.1, 0.15) is 24.1 Å². The van der Waals surface area contributed by atoms with E-state index in [1.165, 1.54) is 11.1 Å². The molecule has 0 aliphatic rings. The zero-order chi connectivity index (χ0) is 17.6. The minimum absolute atomic E-state index is 0. The number of halogens is 1. The second kappa shape index (κ2) is 9.15. The molecule has 0 fully saturated rings. The van der Waals surface area contributed by atoms with Gasteiger partial charge < -0.3 is 22.3 Å². The Bertz CT molecular complexity index is 834. The first kappa shape index (κ1) is 19.7. The highest BCUT2D eigenvalue weighted by Gasteiger charge is 2.21. The number of carbonyl (C=O) groups is 1. The van der Waals surface area contributed by atoms with Gasteiger partial charge in [0.05, 0.1) is 0 Å². The Morgan fingerprint density at radius 2 is 1.81 bits per heavy atom. The van der Waals surface area contributed by atoms with Crippen molar-refractivity contribution in [3.63, 3.8) is 0 Å². The summed E-state index contributed by atoms with van der Waals surface area (Å²) in [6.07, 6.45) is 2.51. The fraction of sp³-hybridized carbons (Fsp3) is 0.211. The van der Waals surface area contributed by atoms with Gasteiger partial charge in [0.15, 0.2) is 6.04 Å². The Labute approximate surface area is 163 Å². The summed E-state index contributed by atoms with van der Waals surface area (Å²) in [5.74, 6) is 0.296. The molecule has 0 aliphatic carbocycles. The molecule has 2 aromatic carbocycles. The maximum Gasteiger partial charge on any atom is 0.326 e. The summed E-state index contributed by atoms with van der Waals surface area (Å²) >= 11 is 0. The van der Waals surface area contributed by atoms with Gasteiger partial charge in [0.2, 0.25) is 5.27 Å². The Morgan fingerprint density at radius 1 is 1.12 bits per heavy atom. The fourth-order valence-electron chi connectivity index (χ4n) is 2.48. The predicted octanol–water partition coefficient (Wildman–Crippen LogP) is 0.722. The van der Waals surface area contributed by atoms with E-state index in [2.05, 4.69) is 54.0 Å². The van der Waals surface area contributed by atoms with Crippen molar-refractivity contribution >= 4 is 17.6 Å². The van der Waals surface area contributed by atoms with E-state index in [1.54, 1.807) is 10.9 Å². The summed E-state index contributed by atoms with van der Waals surface area (Å²) < 4.78 is 6.90. The molecule has 136 valence electrons. The van der Waals surface area contributed by atoms with E-state index < -0.39 is 0 Å². The number of benzene rings is 2. The van der Waals surface area contributed by atoms with Crippen LogP contribution in [0, 0.1) is 6.92 Å². The molecule has 0 saturated heterocycles. The number of nitrogens with one attached hydrogen (secondary N) is 2. The lowest BCUT2D eigenvalue weighted by atomic mass is 10.1. The van der Waals surface area contributed by atoms with Gasteiger partial charge in [0.25, 0.3) is 6.20 Å². The van der Waals surface area contributed by atoms with Gasteiger partial charge in [-0.25, -0.2) is 4.79 Å². The topological polar surface area (TPSA) is 71.0 Å². The minimum atomic E-state index is -0.374. The molecule has 2 N–H and O–H groups in total. The number of carbonyl (C=O) groups excluding carboxylic acids is 1. The maximum atomic E-state index is 12.0. The number of rotatable bonds is 5. The van der Waals surface area contributed by atoms with E-state index in [0.29, 0.717) is 11.6 Å². The van der Waals surface area contributed by atoms with Crippen LogP contribution >= 0.6 is 0 Å². The third kappa shape index (κ3) is 5.42. The lowest BCUT2D eigenvalue weighted by Gasteiger charge is -2.03. The average molecular weight is 417 g/mol. The van der Waals surface area contributed by atoms with Crippen LogP contribution in [-0.2, 0) is 6.42 Å². The monoisotopic (exact) mass is 416 g/mol. The molecule has 1 atom stereocenters. The van der Waals surface area contributed by atoms with Gasteiger partial charge in [0, 0.05) is 19.0 Å². The van der Waals surface area contributed by atoms with Gasteiger partial charge in [-0.15, -0.1) is 0 Å². The van der Waals surface area contributed by atoms with Crippen molar-refractivity contribution in [3.05, 3.63) is 71.9 Å². The second-order valence-electron chi connectivity index (χ2n) is 6.03. The van der Waals surface area contributed by atoms with Gasteiger partial charge in [-0.1, -0.05) is 48.0 Å². The molecule has 3 aromatic rings. The fourth-order valence-corrected chi connectivity index (χ4v) is 2.48. The van der Waals surface area contributed by atoms with Gasteiger partial charge in [-0.2, -0.15) is 0 Å². The van der Waals surface area contributed by atoms with Crippen LogP contribution in [0.2, 0.25) is 0 Å². The summed E-state index contributed by atoms with van der Waals surface area (Å²) in [4.78, 5) is 12.0. The maximum absolute atomic E-state index is 12.0. The van der Waals surface area contributed by atoms with Crippen molar-refractivity contribution in [1.29, 1.82) is 0 Å². The van der Waals surface area contributed by atoms with Gasteiger partial charge >= 0.3 is 11.9 Å². The van der Waals surface area contributed by atoms with Crippen molar-refractivity contribution in [1.82, 2.24) is 5.27 Å². The molecule has 1 aromatic heterocycles. The Hall–Kier alpha value is -2.67. The number of para-hydroxylation sites is 1. The highest BCUT2D eigenvalue weighted by Crippen LogP contribution is 2.12. The van der Waals surface area contributed by atoms with E-state index in [9.17, 15) is 4.79 Å². The lowest BCUT2D eigenvalue weighted by Crippen LogP contribution is -3.00. The number of hydrogen-bond donors (Lipinski definition) is 2. The molecule has 0 aliphatic heterocycles. The number of aryl methyl sites for hydroxylation is 1. The highest BCUT2D eigenvalue weighted by molar-refractivity contribution is 5.98. The zero-order valence-electron chi connectivity index (χ0n) is 14.6. The average Bonchev–Trinajstić information content (AvgIpc) is 3.06. The number of anilines is 2. The van der Waals surface area contributed by atoms with Crippen molar-refractivity contribution < 1.29 is 31.0 Å². The molecule has 6 nitrogen and oxygen atoms in total. The number of aromatic nitrogens is 2. The summed E-state index contributed by atoms with van der Waals surface area (Å²) in [7, 11) is 0. The number of amides is 2. The molecule has 0 saturated carbocycles. The SMILES string of the molecule is Cc1ccc(CC(C)[n+]2cc(NC(=O)Nc3ccccc3)on2)cc1.[Br-]. The Kier molecular flexibility index (Phi) is 6.91. The van der Waals surface area contributed by atoms with E-state index in [-0.39, 0.29) is 29.1 Å². The quantitative estimate of drug-likeness (QED) is 0.602. The van der Waals surface area contributed by atoms with Crippen LogP contribution in [-0.4, -0.2) is 11.3 Å². The van der Waals surface area contributed by atoms with Crippen molar-refractivity contribution in [2.24, 2.45) is 0 Å². The van der Waals surface area contributed by atoms with E-state index >= 15 is 0 Å². The summed E-state index contributed by atoms with van der Waals surface area (Å²) in [6.45, 7) is 4.12. The molecule has 26 heavy (non-hydrogen) atoms. The van der Waals surface area contributed by atoms with Crippen LogP contribution in [0.3, 0.4) is 0 Å². The van der Waals surface area contributed by atoms with Gasteiger partial charge in [-0.3, -0.25) is 9.84 Å². The van der Waals surface area contributed by atoms with Crippen molar-refractivity contribution in [2.75, 3.05) is 10.6 Å². The molecular formula is C19H21BrN4O2. The summed E-state index contributed by atoms with van der Waals surface area (Å²) in [5.41, 5.74) is 3.17. The summed E-state index contributed by atoms with van der Waals surface area (Å²) in [6, 6.07) is 17.4. The van der Waals surface area contributed by atoms with Crippen molar-refractivity contribution in [3.8, 4) is 0 Å². The highest BCUT2D eigenvalue weighted by atomic mass is 79.9. The Morgan fingerprint density at radius 3 is 2.50 bits per heavy atom. The van der Waals surface area contributed by atoms with Crippen LogP contribution < -0.4 is 32.3 Å². The first-order valence-electron chi connectivity index (χ1n) is 8.17. The summed E-state index contributed by atoms with van der Waals surface area (Å²) in [5, 5.41) is 9.35. The van der Waals surface area contributed by atoms with Crippen molar-refractivity contribution in [2.45, 2.75) is 26.3 Å². The number of hydrogen-bond acceptors (Lipinski definition) is 3. The normalized spacial score (nSPS) is 11.3. The molecule has 3 rings (SSSR count). The first-order chi connectivity index (χ1) is 12.1. The standard InChI is InChI=1S/C19H20N4O2.BrH/c1-14-8-10-16(11-9-14)12-15(2)23-13-18(25-22-23)21-19(24)20-17-6-4-3-5-7-17;/h3-11,13,15H,12H2,1-2H3,(H-,20,21,22,24);1H. The molecule has 0 radical (unpaired) electrons. The molecule has 2 amide bonds. The smallest absolute Gasteiger partial charge is 0.326 e. The Balaban J connectivity index is 0.00000243. The van der Waals surface area contributed by atoms with E-state index in [4.69, 9.17) is 4.52 Å². The third-order valence-electron chi connectivity index (χ3n) is 3.85. The molecule has 1 heterocycles. The van der Waals surface area contributed by atoms with E-state index in [0.717, 1.165) is 6.42 Å². The van der Waals surface area contributed by atoms with E-state index in [1.807, 2.05) is 30.3 Å². The van der Waals surface area contributed by atoms with Crippen LogP contribution in [0.15, 0.2) is 65.3 Å². The van der Waals surface area contributed by atoms with Crippen LogP contribution in [0.5, 0.6) is 0 Å². The zero-order valence-corrected chi connectivity index (χ0v) is 16.2. The van der Waals surface area contributed by atoms with Gasteiger partial charge in [0.1, 0.15) is 0 Å². The number of urea groups is 1. The molecule has 1 unspecified atom stereocenters. The first-order valence-corrected chi connectivity index (χ1v) is 8.17. The molecule has 0 bridgehead atoms. The van der Waals surface area contributed by atoms with Crippen LogP contribution in [0.4, 0.5) is 16.4 Å². The van der Waals surface area contributed by atoms with Gasteiger partial charge in [-0.05, 0) is 29.3 Å². The predicted molar refractivity (Wildman–Crippen MR) is 95.4 cm³/mol. The minimum Gasteiger partial charge on any atom is -1.00 e. The van der Waals surface area contributed by atoms with Crippen LogP contribution in [0.25, 0.3) is 0 Å². The molecule has 7 heteroatoms. The third-order valence-corrected chi connectivity index (χ3v) is 3.85. The number of nitrogens with zero attached hydrogens (tertiary/aromatic N) is 2. The largest absolute Gasteiger partial charge is 1.00 e.